The van der Waals surface area contributed by atoms with Crippen molar-refractivity contribution in [3.8, 4) is 0 Å². The molecule has 0 aliphatic carbocycles. The molecule has 138 valence electrons. The molecule has 2 rings (SSSR count). The highest BCUT2D eigenvalue weighted by atomic mass is 32.2. The first-order chi connectivity index (χ1) is 12.0. The van der Waals surface area contributed by atoms with Crippen molar-refractivity contribution in [2.75, 3.05) is 12.4 Å². The van der Waals surface area contributed by atoms with Crippen molar-refractivity contribution >= 4 is 23.6 Å². The van der Waals surface area contributed by atoms with Crippen molar-refractivity contribution in [3.05, 3.63) is 35.4 Å². The molecule has 1 aromatic carbocycles. The van der Waals surface area contributed by atoms with Gasteiger partial charge in [0.25, 0.3) is 5.91 Å². The topological polar surface area (TPSA) is 46.6 Å². The van der Waals surface area contributed by atoms with Crippen LogP contribution in [-0.2, 0) is 16.0 Å². The average Bonchev–Trinajstić information content (AvgIpc) is 3.02. The highest BCUT2D eigenvalue weighted by molar-refractivity contribution is 8.00. The Morgan fingerprint density at radius 1 is 1.24 bits per heavy atom. The molecule has 1 fully saturated rings. The molecule has 0 unspecified atom stereocenters. The summed E-state index contributed by atoms with van der Waals surface area (Å²) in [6, 6.07) is 7.21. The van der Waals surface area contributed by atoms with Crippen molar-refractivity contribution in [1.29, 1.82) is 0 Å². The third-order valence-corrected chi connectivity index (χ3v) is 5.64. The molecule has 0 N–H and O–H groups in total. The zero-order valence-corrected chi connectivity index (χ0v) is 16.5. The van der Waals surface area contributed by atoms with Crippen LogP contribution in [0.3, 0.4) is 0 Å². The highest BCUT2D eigenvalue weighted by Crippen LogP contribution is 2.35. The number of esters is 1. The number of hydrogen-bond donors (Lipinski definition) is 0. The van der Waals surface area contributed by atoms with Gasteiger partial charge in [0.1, 0.15) is 6.04 Å². The van der Waals surface area contributed by atoms with E-state index in [9.17, 15) is 9.59 Å². The number of benzene rings is 1. The van der Waals surface area contributed by atoms with E-state index in [0.29, 0.717) is 23.8 Å². The molecular formula is C20H29NO3S. The number of nitrogens with zero attached hydrogens (tertiary/aromatic N) is 1. The quantitative estimate of drug-likeness (QED) is 0.683. The van der Waals surface area contributed by atoms with Gasteiger partial charge in [-0.15, -0.1) is 11.8 Å². The minimum Gasteiger partial charge on any atom is -0.464 e. The van der Waals surface area contributed by atoms with E-state index < -0.39 is 6.04 Å². The molecule has 1 amide bonds. The number of thioether (sulfide) groups is 1. The fourth-order valence-corrected chi connectivity index (χ4v) is 4.56. The van der Waals surface area contributed by atoms with Gasteiger partial charge in [0.05, 0.1) is 12.0 Å². The first-order valence-electron chi connectivity index (χ1n) is 9.17. The Hall–Kier alpha value is -1.49. The predicted octanol–water partition coefficient (Wildman–Crippen LogP) is 4.13. The summed E-state index contributed by atoms with van der Waals surface area (Å²) in [4.78, 5) is 27.3. The van der Waals surface area contributed by atoms with Gasteiger partial charge in [-0.2, -0.15) is 0 Å². The second kappa shape index (κ2) is 9.27. The molecule has 5 heteroatoms. The molecule has 1 aliphatic heterocycles. The first-order valence-corrected chi connectivity index (χ1v) is 10.2. The Labute approximate surface area is 155 Å². The Balaban J connectivity index is 2.23. The van der Waals surface area contributed by atoms with Crippen molar-refractivity contribution in [3.63, 3.8) is 0 Å². The predicted molar refractivity (Wildman–Crippen MR) is 103 cm³/mol. The van der Waals surface area contributed by atoms with E-state index in [1.54, 1.807) is 16.7 Å². The van der Waals surface area contributed by atoms with Crippen LogP contribution in [0.15, 0.2) is 24.3 Å². The number of hydrogen-bond acceptors (Lipinski definition) is 4. The smallest absolute Gasteiger partial charge is 0.329 e. The second-order valence-electron chi connectivity index (χ2n) is 6.86. The van der Waals surface area contributed by atoms with Crippen LogP contribution in [0.25, 0.3) is 0 Å². The minimum absolute atomic E-state index is 0.0255. The molecule has 2 atom stereocenters. The maximum atomic E-state index is 13.1. The fraction of sp³-hybridized carbons (Fsp3) is 0.600. The first kappa shape index (κ1) is 19.8. The monoisotopic (exact) mass is 363 g/mol. The van der Waals surface area contributed by atoms with E-state index in [1.807, 2.05) is 31.2 Å². The van der Waals surface area contributed by atoms with Gasteiger partial charge in [-0.25, -0.2) is 4.79 Å². The summed E-state index contributed by atoms with van der Waals surface area (Å²) < 4.78 is 5.34. The second-order valence-corrected chi connectivity index (χ2v) is 8.07. The van der Waals surface area contributed by atoms with E-state index in [-0.39, 0.29) is 17.3 Å². The third kappa shape index (κ3) is 5.00. The molecule has 0 saturated carbocycles. The van der Waals surface area contributed by atoms with Gasteiger partial charge in [0.15, 0.2) is 0 Å². The molecule has 25 heavy (non-hydrogen) atoms. The Bertz CT molecular complexity index is 585. The number of aryl methyl sites for hydroxylation is 1. The Morgan fingerprint density at radius 2 is 1.92 bits per heavy atom. The van der Waals surface area contributed by atoms with Crippen LogP contribution in [0, 0.1) is 5.92 Å². The molecular weight excluding hydrogens is 334 g/mol. The number of rotatable bonds is 7. The SMILES string of the molecule is CCCOC(=O)[C@@H]1CS[C@@H](CC(C)C)N1C(=O)c1ccc(CC)cc1. The van der Waals surface area contributed by atoms with E-state index in [2.05, 4.69) is 20.8 Å². The van der Waals surface area contributed by atoms with Crippen LogP contribution in [0.2, 0.25) is 0 Å². The molecule has 4 nitrogen and oxygen atoms in total. The van der Waals surface area contributed by atoms with Gasteiger partial charge in [-0.3, -0.25) is 4.79 Å². The largest absolute Gasteiger partial charge is 0.464 e. The molecule has 1 aliphatic rings. The summed E-state index contributed by atoms with van der Waals surface area (Å²) in [6.45, 7) is 8.74. The molecule has 1 heterocycles. The van der Waals surface area contributed by atoms with Gasteiger partial charge in [-0.1, -0.05) is 39.8 Å². The van der Waals surface area contributed by atoms with Gasteiger partial charge in [-0.05, 0) is 42.9 Å². The lowest BCUT2D eigenvalue weighted by Gasteiger charge is -2.29. The maximum Gasteiger partial charge on any atom is 0.329 e. The van der Waals surface area contributed by atoms with Gasteiger partial charge in [0, 0.05) is 11.3 Å². The van der Waals surface area contributed by atoms with Crippen molar-refractivity contribution < 1.29 is 14.3 Å². The summed E-state index contributed by atoms with van der Waals surface area (Å²) in [5, 5.41) is 0.0255. The summed E-state index contributed by atoms with van der Waals surface area (Å²) in [6.07, 6.45) is 2.60. The molecule has 1 aromatic rings. The van der Waals surface area contributed by atoms with Crippen molar-refractivity contribution in [2.24, 2.45) is 5.92 Å². The van der Waals surface area contributed by atoms with E-state index in [1.165, 1.54) is 5.56 Å². The average molecular weight is 364 g/mol. The Morgan fingerprint density at radius 3 is 2.48 bits per heavy atom. The van der Waals surface area contributed by atoms with Gasteiger partial charge in [0.2, 0.25) is 0 Å². The lowest BCUT2D eigenvalue weighted by Crippen LogP contribution is -2.46. The normalized spacial score (nSPS) is 20.1. The molecule has 1 saturated heterocycles. The number of carbonyl (C=O) groups excluding carboxylic acids is 2. The summed E-state index contributed by atoms with van der Waals surface area (Å²) >= 11 is 1.68. The standard InChI is InChI=1S/C20H29NO3S/c1-5-11-24-20(23)17-13-25-18(12-14(3)4)21(17)19(22)16-9-7-15(6-2)8-10-16/h7-10,14,17-18H,5-6,11-13H2,1-4H3/t17-,18-/m0/s1. The van der Waals surface area contributed by atoms with E-state index >= 15 is 0 Å². The van der Waals surface area contributed by atoms with Gasteiger partial charge >= 0.3 is 5.97 Å². The lowest BCUT2D eigenvalue weighted by atomic mass is 10.1. The van der Waals surface area contributed by atoms with Crippen molar-refractivity contribution in [2.45, 2.75) is 58.4 Å². The summed E-state index contributed by atoms with van der Waals surface area (Å²) in [5.41, 5.74) is 1.84. The van der Waals surface area contributed by atoms with Gasteiger partial charge < -0.3 is 9.64 Å². The van der Waals surface area contributed by atoms with Crippen LogP contribution in [0.1, 0.15) is 56.5 Å². The third-order valence-electron chi connectivity index (χ3n) is 4.33. The summed E-state index contributed by atoms with van der Waals surface area (Å²) in [5.74, 6) is 0.718. The van der Waals surface area contributed by atoms with Crippen molar-refractivity contribution in [1.82, 2.24) is 4.90 Å². The van der Waals surface area contributed by atoms with Crippen LogP contribution >= 0.6 is 11.8 Å². The summed E-state index contributed by atoms with van der Waals surface area (Å²) in [7, 11) is 0. The Kier molecular flexibility index (Phi) is 7.36. The van der Waals surface area contributed by atoms with Crippen LogP contribution in [0.5, 0.6) is 0 Å². The lowest BCUT2D eigenvalue weighted by molar-refractivity contribution is -0.148. The fourth-order valence-electron chi connectivity index (χ4n) is 2.93. The number of amides is 1. The van der Waals surface area contributed by atoms with E-state index in [0.717, 1.165) is 19.3 Å². The molecule has 0 bridgehead atoms. The maximum absolute atomic E-state index is 13.1. The minimum atomic E-state index is -0.487. The molecule has 0 spiro atoms. The van der Waals surface area contributed by atoms with E-state index in [4.69, 9.17) is 4.74 Å². The molecule has 0 radical (unpaired) electrons. The number of carbonyl (C=O) groups is 2. The molecule has 0 aromatic heterocycles. The number of ether oxygens (including phenoxy) is 1. The zero-order chi connectivity index (χ0) is 18.4. The van der Waals surface area contributed by atoms with Crippen LogP contribution in [-0.4, -0.2) is 40.6 Å². The zero-order valence-electron chi connectivity index (χ0n) is 15.7. The van der Waals surface area contributed by atoms with Crippen LogP contribution in [0.4, 0.5) is 0 Å². The van der Waals surface area contributed by atoms with Crippen LogP contribution < -0.4 is 0 Å². The highest BCUT2D eigenvalue weighted by Gasteiger charge is 2.42.